The zero-order valence-electron chi connectivity index (χ0n) is 14.0. The van der Waals surface area contributed by atoms with Crippen LogP contribution in [0.1, 0.15) is 23.2 Å². The molecule has 2 rings (SSSR count). The molecule has 5 nitrogen and oxygen atoms in total. The Morgan fingerprint density at radius 2 is 2.21 bits per heavy atom. The normalized spacial score (nSPS) is 18.2. The molecule has 1 saturated heterocycles. The van der Waals surface area contributed by atoms with E-state index in [1.165, 1.54) is 0 Å². The minimum Gasteiger partial charge on any atom is -0.340 e. The van der Waals surface area contributed by atoms with Gasteiger partial charge in [0.2, 0.25) is 5.91 Å². The first-order chi connectivity index (χ1) is 11.5. The molecule has 1 heterocycles. The molecular weight excluding hydrogens is 346 g/mol. The summed E-state index contributed by atoms with van der Waals surface area (Å²) < 4.78 is 0. The molecule has 1 aliphatic heterocycles. The maximum Gasteiger partial charge on any atom is 0.253 e. The second-order valence-electron chi connectivity index (χ2n) is 5.88. The second kappa shape index (κ2) is 9.30. The van der Waals surface area contributed by atoms with Crippen molar-refractivity contribution >= 4 is 35.2 Å². The van der Waals surface area contributed by atoms with Gasteiger partial charge in [-0.1, -0.05) is 23.7 Å². The highest BCUT2D eigenvalue weighted by Crippen LogP contribution is 2.16. The fourth-order valence-electron chi connectivity index (χ4n) is 2.77. The summed E-state index contributed by atoms with van der Waals surface area (Å²) in [6.07, 6.45) is 3.53. The van der Waals surface area contributed by atoms with E-state index in [9.17, 15) is 9.59 Å². The molecular formula is C17H24ClN3O2S. The van der Waals surface area contributed by atoms with Crippen LogP contribution in [-0.4, -0.2) is 60.9 Å². The number of carbonyl (C=O) groups excluding carboxylic acids is 2. The molecule has 0 saturated carbocycles. The third-order valence-electron chi connectivity index (χ3n) is 4.26. The van der Waals surface area contributed by atoms with Crippen molar-refractivity contribution in [3.05, 3.63) is 34.9 Å². The Morgan fingerprint density at radius 1 is 1.46 bits per heavy atom. The molecule has 1 aromatic carbocycles. The van der Waals surface area contributed by atoms with Crippen LogP contribution in [0.3, 0.4) is 0 Å². The van der Waals surface area contributed by atoms with Gasteiger partial charge < -0.3 is 15.5 Å². The lowest BCUT2D eigenvalue weighted by Gasteiger charge is -2.29. The smallest absolute Gasteiger partial charge is 0.253 e. The van der Waals surface area contributed by atoms with E-state index in [2.05, 4.69) is 10.6 Å². The average molecular weight is 370 g/mol. The molecule has 0 spiro atoms. The highest BCUT2D eigenvalue weighted by molar-refractivity contribution is 7.98. The fraction of sp³-hybridized carbons (Fsp3) is 0.529. The number of rotatable bonds is 7. The molecule has 1 aromatic rings. The Labute approximate surface area is 152 Å². The molecule has 7 heteroatoms. The Balaban J connectivity index is 2.08. The van der Waals surface area contributed by atoms with Gasteiger partial charge in [-0.15, -0.1) is 0 Å². The number of hydrogen-bond acceptors (Lipinski definition) is 4. The topological polar surface area (TPSA) is 61.4 Å². The van der Waals surface area contributed by atoms with Crippen LogP contribution in [0.15, 0.2) is 24.3 Å². The molecule has 2 atom stereocenters. The highest BCUT2D eigenvalue weighted by atomic mass is 35.5. The van der Waals surface area contributed by atoms with Crippen molar-refractivity contribution < 1.29 is 9.59 Å². The largest absolute Gasteiger partial charge is 0.340 e. The van der Waals surface area contributed by atoms with E-state index in [1.807, 2.05) is 13.3 Å². The lowest BCUT2D eigenvalue weighted by Crippen LogP contribution is -2.51. The average Bonchev–Trinajstić information content (AvgIpc) is 3.12. The first-order valence-corrected chi connectivity index (χ1v) is 9.83. The van der Waals surface area contributed by atoms with Crippen LogP contribution >= 0.6 is 23.4 Å². The number of halogens is 1. The monoisotopic (exact) mass is 369 g/mol. The van der Waals surface area contributed by atoms with Crippen molar-refractivity contribution in [2.45, 2.75) is 24.9 Å². The maximum absolute atomic E-state index is 12.8. The maximum atomic E-state index is 12.8. The van der Waals surface area contributed by atoms with Gasteiger partial charge in [-0.3, -0.25) is 9.59 Å². The standard InChI is InChI=1S/C17H24ClN3O2S/c1-21(12-7-9-19-11-12)17(23)15(8-10-24-2)20-16(22)13-5-3-4-6-14(13)18/h3-6,12,15,19H,7-11H2,1-2H3,(H,20,22). The molecule has 2 unspecified atom stereocenters. The molecule has 24 heavy (non-hydrogen) atoms. The van der Waals surface area contributed by atoms with Crippen molar-refractivity contribution in [1.82, 2.24) is 15.5 Å². The van der Waals surface area contributed by atoms with E-state index in [0.29, 0.717) is 17.0 Å². The van der Waals surface area contributed by atoms with E-state index in [-0.39, 0.29) is 17.9 Å². The van der Waals surface area contributed by atoms with Crippen LogP contribution < -0.4 is 10.6 Å². The summed E-state index contributed by atoms with van der Waals surface area (Å²) in [5.41, 5.74) is 0.395. The quantitative estimate of drug-likeness (QED) is 0.771. The number of likely N-dealkylation sites (N-methyl/N-ethyl adjacent to an activating group) is 1. The number of hydrogen-bond donors (Lipinski definition) is 2. The zero-order valence-corrected chi connectivity index (χ0v) is 15.6. The van der Waals surface area contributed by atoms with E-state index in [0.717, 1.165) is 25.3 Å². The number of nitrogens with zero attached hydrogens (tertiary/aromatic N) is 1. The molecule has 1 aliphatic rings. The van der Waals surface area contributed by atoms with Crippen LogP contribution in [0.5, 0.6) is 0 Å². The van der Waals surface area contributed by atoms with E-state index in [1.54, 1.807) is 40.9 Å². The molecule has 0 radical (unpaired) electrons. The molecule has 0 aromatic heterocycles. The summed E-state index contributed by atoms with van der Waals surface area (Å²) in [7, 11) is 1.81. The summed E-state index contributed by atoms with van der Waals surface area (Å²) in [6, 6.07) is 6.52. The van der Waals surface area contributed by atoms with Gasteiger partial charge in [-0.25, -0.2) is 0 Å². The van der Waals surface area contributed by atoms with Crippen LogP contribution in [0.25, 0.3) is 0 Å². The Kier molecular flexibility index (Phi) is 7.40. The minimum atomic E-state index is -0.535. The fourth-order valence-corrected chi connectivity index (χ4v) is 3.46. The minimum absolute atomic E-state index is 0.0434. The summed E-state index contributed by atoms with van der Waals surface area (Å²) >= 11 is 7.74. The van der Waals surface area contributed by atoms with Crippen LogP contribution in [0, 0.1) is 0 Å². The van der Waals surface area contributed by atoms with Gasteiger partial charge in [0.15, 0.2) is 0 Å². The first-order valence-electron chi connectivity index (χ1n) is 8.06. The third kappa shape index (κ3) is 4.88. The van der Waals surface area contributed by atoms with Gasteiger partial charge in [0, 0.05) is 19.6 Å². The van der Waals surface area contributed by atoms with E-state index >= 15 is 0 Å². The van der Waals surface area contributed by atoms with Gasteiger partial charge in [-0.05, 0) is 43.5 Å². The van der Waals surface area contributed by atoms with Crippen molar-refractivity contribution in [3.63, 3.8) is 0 Å². The second-order valence-corrected chi connectivity index (χ2v) is 7.28. The Hall–Kier alpha value is -1.24. The van der Waals surface area contributed by atoms with Crippen molar-refractivity contribution in [2.75, 3.05) is 32.1 Å². The molecule has 132 valence electrons. The van der Waals surface area contributed by atoms with Crippen LogP contribution in [-0.2, 0) is 4.79 Å². The van der Waals surface area contributed by atoms with Gasteiger partial charge in [0.25, 0.3) is 5.91 Å². The van der Waals surface area contributed by atoms with E-state index < -0.39 is 6.04 Å². The summed E-state index contributed by atoms with van der Waals surface area (Å²) in [5, 5.41) is 6.51. The number of thioether (sulfide) groups is 1. The molecule has 1 fully saturated rings. The van der Waals surface area contributed by atoms with E-state index in [4.69, 9.17) is 11.6 Å². The van der Waals surface area contributed by atoms with Crippen LogP contribution in [0.2, 0.25) is 5.02 Å². The predicted octanol–water partition coefficient (Wildman–Crippen LogP) is 2.01. The van der Waals surface area contributed by atoms with Gasteiger partial charge >= 0.3 is 0 Å². The number of amides is 2. The Morgan fingerprint density at radius 3 is 2.83 bits per heavy atom. The number of carbonyl (C=O) groups is 2. The first kappa shape index (κ1) is 19.1. The van der Waals surface area contributed by atoms with Gasteiger partial charge in [0.1, 0.15) is 6.04 Å². The number of benzene rings is 1. The molecule has 2 N–H and O–H groups in total. The SMILES string of the molecule is CSCCC(NC(=O)c1ccccc1Cl)C(=O)N(C)C1CCNC1. The predicted molar refractivity (Wildman–Crippen MR) is 99.7 cm³/mol. The summed E-state index contributed by atoms with van der Waals surface area (Å²) in [6.45, 7) is 1.72. The molecule has 0 bridgehead atoms. The summed E-state index contributed by atoms with van der Waals surface area (Å²) in [4.78, 5) is 27.1. The highest BCUT2D eigenvalue weighted by Gasteiger charge is 2.29. The third-order valence-corrected chi connectivity index (χ3v) is 5.24. The summed E-state index contributed by atoms with van der Waals surface area (Å²) in [5.74, 6) is 0.451. The van der Waals surface area contributed by atoms with Gasteiger partial charge in [-0.2, -0.15) is 11.8 Å². The molecule has 0 aliphatic carbocycles. The van der Waals surface area contributed by atoms with Crippen molar-refractivity contribution in [3.8, 4) is 0 Å². The van der Waals surface area contributed by atoms with Gasteiger partial charge in [0.05, 0.1) is 10.6 Å². The van der Waals surface area contributed by atoms with Crippen molar-refractivity contribution in [1.29, 1.82) is 0 Å². The van der Waals surface area contributed by atoms with Crippen molar-refractivity contribution in [2.24, 2.45) is 0 Å². The zero-order chi connectivity index (χ0) is 17.5. The Bertz CT molecular complexity index is 579. The molecule has 2 amide bonds. The lowest BCUT2D eigenvalue weighted by atomic mass is 10.1. The lowest BCUT2D eigenvalue weighted by molar-refractivity contribution is -0.133. The van der Waals surface area contributed by atoms with Crippen LogP contribution in [0.4, 0.5) is 0 Å². The number of nitrogens with one attached hydrogen (secondary N) is 2.